The molecule has 4 heteroatoms. The fraction of sp³-hybridized carbons (Fsp3) is 0.100. The Morgan fingerprint density at radius 3 is 2.93 bits per heavy atom. The predicted octanol–water partition coefficient (Wildman–Crippen LogP) is 2.35. The number of nitrogens with zero attached hydrogens (tertiary/aromatic N) is 2. The van der Waals surface area contributed by atoms with Gasteiger partial charge in [-0.25, -0.2) is 9.37 Å². The van der Waals surface area contributed by atoms with E-state index < -0.39 is 0 Å². The molecule has 0 aliphatic carbocycles. The molecule has 1 aromatic heterocycles. The Morgan fingerprint density at radius 2 is 2.29 bits per heavy atom. The normalized spacial score (nSPS) is 10.1. The Labute approximate surface area is 80.8 Å². The van der Waals surface area contributed by atoms with Crippen molar-refractivity contribution in [1.82, 2.24) is 9.55 Å². The molecule has 0 aliphatic heterocycles. The average molecular weight is 192 g/mol. The third-order valence-corrected chi connectivity index (χ3v) is 1.78. The number of imidazole rings is 1. The Morgan fingerprint density at radius 1 is 1.43 bits per heavy atom. The van der Waals surface area contributed by atoms with E-state index in [0.29, 0.717) is 11.8 Å². The van der Waals surface area contributed by atoms with Crippen molar-refractivity contribution < 1.29 is 9.13 Å². The predicted molar refractivity (Wildman–Crippen MR) is 49.7 cm³/mol. The highest BCUT2D eigenvalue weighted by molar-refractivity contribution is 5.25. The minimum atomic E-state index is -0.322. The molecule has 3 nitrogen and oxygen atoms in total. The molecule has 0 amide bonds. The molecule has 0 saturated heterocycles. The molecule has 0 unspecified atom stereocenters. The summed E-state index contributed by atoms with van der Waals surface area (Å²) in [4.78, 5) is 3.96. The molecule has 0 bridgehead atoms. The van der Waals surface area contributed by atoms with Crippen molar-refractivity contribution in [3.63, 3.8) is 0 Å². The zero-order valence-electron chi connectivity index (χ0n) is 7.64. The summed E-state index contributed by atoms with van der Waals surface area (Å²) < 4.78 is 19.8. The number of rotatable bonds is 2. The monoisotopic (exact) mass is 192 g/mol. The molecule has 0 fully saturated rings. The van der Waals surface area contributed by atoms with Gasteiger partial charge in [0.2, 0.25) is 0 Å². The highest BCUT2D eigenvalue weighted by atomic mass is 19.1. The molecule has 0 aliphatic rings. The van der Waals surface area contributed by atoms with E-state index in [-0.39, 0.29) is 5.82 Å². The summed E-state index contributed by atoms with van der Waals surface area (Å²) in [7, 11) is 1.81. The SMILES string of the molecule is Cn1ccnc1Oc1cccc(F)c1. The summed E-state index contributed by atoms with van der Waals surface area (Å²) in [6.45, 7) is 0. The summed E-state index contributed by atoms with van der Waals surface area (Å²) >= 11 is 0. The lowest BCUT2D eigenvalue weighted by atomic mass is 10.3. The molecule has 1 aromatic carbocycles. The number of benzene rings is 1. The van der Waals surface area contributed by atoms with E-state index in [1.54, 1.807) is 29.1 Å². The molecule has 0 atom stereocenters. The lowest BCUT2D eigenvalue weighted by molar-refractivity contribution is 0.421. The van der Waals surface area contributed by atoms with Gasteiger partial charge in [0.15, 0.2) is 0 Å². The average Bonchev–Trinajstić information content (AvgIpc) is 2.52. The van der Waals surface area contributed by atoms with Gasteiger partial charge in [-0.2, -0.15) is 0 Å². The van der Waals surface area contributed by atoms with Crippen LogP contribution < -0.4 is 4.74 Å². The van der Waals surface area contributed by atoms with Crippen LogP contribution in [-0.4, -0.2) is 9.55 Å². The van der Waals surface area contributed by atoms with Crippen molar-refractivity contribution in [2.24, 2.45) is 7.05 Å². The van der Waals surface area contributed by atoms with E-state index in [2.05, 4.69) is 4.98 Å². The van der Waals surface area contributed by atoms with E-state index in [1.165, 1.54) is 12.1 Å². The van der Waals surface area contributed by atoms with Crippen LogP contribution in [0, 0.1) is 5.82 Å². The van der Waals surface area contributed by atoms with Crippen molar-refractivity contribution in [3.05, 3.63) is 42.5 Å². The minimum absolute atomic E-state index is 0.322. The lowest BCUT2D eigenvalue weighted by Crippen LogP contribution is -1.93. The Kier molecular flexibility index (Phi) is 2.18. The van der Waals surface area contributed by atoms with Crippen molar-refractivity contribution >= 4 is 0 Å². The van der Waals surface area contributed by atoms with Crippen molar-refractivity contribution in [1.29, 1.82) is 0 Å². The first-order valence-electron chi connectivity index (χ1n) is 4.16. The van der Waals surface area contributed by atoms with Gasteiger partial charge in [-0.15, -0.1) is 0 Å². The molecule has 1 heterocycles. The largest absolute Gasteiger partial charge is 0.425 e. The van der Waals surface area contributed by atoms with Gasteiger partial charge in [0, 0.05) is 25.5 Å². The van der Waals surface area contributed by atoms with Crippen LogP contribution in [0.3, 0.4) is 0 Å². The summed E-state index contributed by atoms with van der Waals surface area (Å²) in [5, 5.41) is 0. The highest BCUT2D eigenvalue weighted by Gasteiger charge is 2.02. The van der Waals surface area contributed by atoms with Crippen LogP contribution in [0.5, 0.6) is 11.8 Å². The maximum absolute atomic E-state index is 12.8. The third kappa shape index (κ3) is 1.74. The second-order valence-electron chi connectivity index (χ2n) is 2.88. The summed E-state index contributed by atoms with van der Waals surface area (Å²) in [6.07, 6.45) is 3.38. The number of ether oxygens (including phenoxy) is 1. The van der Waals surface area contributed by atoms with Gasteiger partial charge < -0.3 is 9.30 Å². The van der Waals surface area contributed by atoms with Crippen LogP contribution in [0.25, 0.3) is 0 Å². The zero-order valence-corrected chi connectivity index (χ0v) is 7.64. The number of hydrogen-bond acceptors (Lipinski definition) is 2. The van der Waals surface area contributed by atoms with Crippen LogP contribution in [0.2, 0.25) is 0 Å². The smallest absolute Gasteiger partial charge is 0.301 e. The van der Waals surface area contributed by atoms with E-state index in [9.17, 15) is 4.39 Å². The first kappa shape index (κ1) is 8.74. The number of halogens is 1. The maximum Gasteiger partial charge on any atom is 0.301 e. The second-order valence-corrected chi connectivity index (χ2v) is 2.88. The Bertz CT molecular complexity index is 439. The van der Waals surface area contributed by atoms with Gasteiger partial charge in [0.05, 0.1) is 0 Å². The van der Waals surface area contributed by atoms with E-state index in [4.69, 9.17) is 4.74 Å². The molecular formula is C10H9FN2O. The standard InChI is InChI=1S/C10H9FN2O/c1-13-6-5-12-10(13)14-9-4-2-3-8(11)7-9/h2-7H,1H3. The van der Waals surface area contributed by atoms with Crippen LogP contribution in [0.15, 0.2) is 36.7 Å². The van der Waals surface area contributed by atoms with E-state index in [0.717, 1.165) is 0 Å². The first-order chi connectivity index (χ1) is 6.75. The number of aryl methyl sites for hydroxylation is 1. The van der Waals surface area contributed by atoms with Gasteiger partial charge >= 0.3 is 6.01 Å². The van der Waals surface area contributed by atoms with Crippen LogP contribution in [-0.2, 0) is 7.05 Å². The minimum Gasteiger partial charge on any atom is -0.425 e. The molecule has 0 N–H and O–H groups in total. The number of aromatic nitrogens is 2. The van der Waals surface area contributed by atoms with Crippen molar-refractivity contribution in [3.8, 4) is 11.8 Å². The third-order valence-electron chi connectivity index (χ3n) is 1.78. The second kappa shape index (κ2) is 3.49. The molecule has 14 heavy (non-hydrogen) atoms. The summed E-state index contributed by atoms with van der Waals surface area (Å²) in [5.74, 6) is 0.121. The lowest BCUT2D eigenvalue weighted by Gasteiger charge is -2.03. The molecule has 0 saturated carbocycles. The Balaban J connectivity index is 2.23. The van der Waals surface area contributed by atoms with E-state index in [1.807, 2.05) is 7.05 Å². The van der Waals surface area contributed by atoms with Crippen molar-refractivity contribution in [2.75, 3.05) is 0 Å². The molecule has 2 rings (SSSR count). The van der Waals surface area contributed by atoms with Gasteiger partial charge in [-0.3, -0.25) is 0 Å². The molecule has 0 radical (unpaired) electrons. The number of hydrogen-bond donors (Lipinski definition) is 0. The zero-order chi connectivity index (χ0) is 9.97. The maximum atomic E-state index is 12.8. The molecular weight excluding hydrogens is 183 g/mol. The first-order valence-corrected chi connectivity index (χ1v) is 4.16. The fourth-order valence-electron chi connectivity index (χ4n) is 1.09. The van der Waals surface area contributed by atoms with Gasteiger partial charge in [-0.05, 0) is 12.1 Å². The van der Waals surface area contributed by atoms with Gasteiger partial charge in [0.25, 0.3) is 0 Å². The summed E-state index contributed by atoms with van der Waals surface area (Å²) in [5.41, 5.74) is 0. The van der Waals surface area contributed by atoms with Gasteiger partial charge in [0.1, 0.15) is 11.6 Å². The highest BCUT2D eigenvalue weighted by Crippen LogP contribution is 2.19. The molecule has 72 valence electrons. The van der Waals surface area contributed by atoms with Crippen LogP contribution >= 0.6 is 0 Å². The molecule has 2 aromatic rings. The topological polar surface area (TPSA) is 27.1 Å². The fourth-order valence-corrected chi connectivity index (χ4v) is 1.09. The van der Waals surface area contributed by atoms with Gasteiger partial charge in [-0.1, -0.05) is 6.07 Å². The van der Waals surface area contributed by atoms with E-state index >= 15 is 0 Å². The van der Waals surface area contributed by atoms with Crippen LogP contribution in [0.4, 0.5) is 4.39 Å². The molecule has 0 spiro atoms. The summed E-state index contributed by atoms with van der Waals surface area (Å²) in [6, 6.07) is 6.39. The quantitative estimate of drug-likeness (QED) is 0.730. The Hall–Kier alpha value is -1.84. The van der Waals surface area contributed by atoms with Crippen LogP contribution in [0.1, 0.15) is 0 Å². The van der Waals surface area contributed by atoms with Crippen molar-refractivity contribution in [2.45, 2.75) is 0 Å².